The summed E-state index contributed by atoms with van der Waals surface area (Å²) >= 11 is 12.4. The number of ether oxygens (including phenoxy) is 1. The normalized spacial score (nSPS) is 30.0. The molecular weight excluding hydrogens is 445 g/mol. The number of imide groups is 1. The van der Waals surface area contributed by atoms with Crippen molar-refractivity contribution in [2.75, 3.05) is 6.54 Å². The average molecular weight is 474 g/mol. The lowest BCUT2D eigenvalue weighted by Crippen LogP contribution is -2.38. The third kappa shape index (κ3) is 4.53. The molecule has 1 aromatic rings. The molecule has 1 aromatic carbocycles. The summed E-state index contributed by atoms with van der Waals surface area (Å²) in [5, 5.41) is 1.43. The molecule has 0 aromatic heterocycles. The van der Waals surface area contributed by atoms with E-state index >= 15 is 0 Å². The highest BCUT2D eigenvalue weighted by Crippen LogP contribution is 2.52. The van der Waals surface area contributed by atoms with Crippen LogP contribution in [0.15, 0.2) is 59.2 Å². The topological polar surface area (TPSA) is 46.6 Å². The first-order valence-corrected chi connectivity index (χ1v) is 11.8. The summed E-state index contributed by atoms with van der Waals surface area (Å²) in [4.78, 5) is 27.4. The van der Waals surface area contributed by atoms with E-state index in [4.69, 9.17) is 27.9 Å². The fourth-order valence-electron chi connectivity index (χ4n) is 5.36. The molecule has 1 fully saturated rings. The van der Waals surface area contributed by atoms with E-state index in [1.54, 1.807) is 0 Å². The number of rotatable bonds is 2. The van der Waals surface area contributed by atoms with Crippen molar-refractivity contribution in [2.24, 2.45) is 23.7 Å². The van der Waals surface area contributed by atoms with Crippen molar-refractivity contribution in [1.29, 1.82) is 0 Å². The summed E-state index contributed by atoms with van der Waals surface area (Å²) in [6, 6.07) is 7.89. The maximum atomic E-state index is 13.3. The van der Waals surface area contributed by atoms with Crippen LogP contribution in [0.25, 0.3) is 0 Å². The summed E-state index contributed by atoms with van der Waals surface area (Å²) in [6.45, 7) is 7.87. The predicted molar refractivity (Wildman–Crippen MR) is 128 cm³/mol. The lowest BCUT2D eigenvalue weighted by Gasteiger charge is -2.42. The Labute approximate surface area is 199 Å². The maximum absolute atomic E-state index is 13.3. The monoisotopic (exact) mass is 473 g/mol. The zero-order valence-corrected chi connectivity index (χ0v) is 20.4. The summed E-state index contributed by atoms with van der Waals surface area (Å²) in [5.41, 5.74) is 1.65. The van der Waals surface area contributed by atoms with Gasteiger partial charge in [-0.15, -0.1) is 0 Å². The third-order valence-electron chi connectivity index (χ3n) is 6.64. The smallest absolute Gasteiger partial charge is 0.417 e. The quantitative estimate of drug-likeness (QED) is 0.448. The van der Waals surface area contributed by atoms with Gasteiger partial charge in [0.05, 0.1) is 5.92 Å². The number of halogens is 2. The molecule has 1 unspecified atom stereocenters. The standard InChI is InChI=1S/C26H29Cl2NO3/c1-15-13-20-21(14-29(24(20)30)25(31)32-26(2,3)4)23(17-7-11-19(28)12-8-17)22(15)16-5-9-18(27)10-6-16/h5,7-13,16,20-23H,6,14H2,1-4H3/t16?,20-,21-,22-,23-/m1/s1. The highest BCUT2D eigenvalue weighted by atomic mass is 35.5. The molecule has 0 spiro atoms. The molecule has 170 valence electrons. The minimum atomic E-state index is -0.659. The minimum absolute atomic E-state index is 0.0281. The zero-order valence-electron chi connectivity index (χ0n) is 18.8. The second kappa shape index (κ2) is 8.72. The van der Waals surface area contributed by atoms with Crippen LogP contribution in [0.3, 0.4) is 0 Å². The van der Waals surface area contributed by atoms with Crippen LogP contribution in [0.5, 0.6) is 0 Å². The highest BCUT2D eigenvalue weighted by Gasteiger charge is 2.52. The number of hydrogen-bond acceptors (Lipinski definition) is 3. The number of nitrogens with zero attached hydrogens (tertiary/aromatic N) is 1. The molecule has 0 N–H and O–H groups in total. The molecule has 6 heteroatoms. The first kappa shape index (κ1) is 23.1. The van der Waals surface area contributed by atoms with E-state index in [0.717, 1.165) is 17.0 Å². The Morgan fingerprint density at radius 3 is 2.41 bits per heavy atom. The van der Waals surface area contributed by atoms with E-state index in [2.05, 4.69) is 25.2 Å². The van der Waals surface area contributed by atoms with E-state index < -0.39 is 11.7 Å². The van der Waals surface area contributed by atoms with Crippen LogP contribution in [0, 0.1) is 23.7 Å². The number of benzene rings is 1. The van der Waals surface area contributed by atoms with E-state index in [0.29, 0.717) is 11.6 Å². The van der Waals surface area contributed by atoms with Crippen LogP contribution in [-0.4, -0.2) is 29.0 Å². The van der Waals surface area contributed by atoms with E-state index in [-0.39, 0.29) is 35.5 Å². The van der Waals surface area contributed by atoms with E-state index in [9.17, 15) is 9.59 Å². The maximum Gasteiger partial charge on any atom is 0.417 e. The van der Waals surface area contributed by atoms with Crippen molar-refractivity contribution >= 4 is 35.2 Å². The number of likely N-dealkylation sites (tertiary alicyclic amines) is 1. The van der Waals surface area contributed by atoms with Gasteiger partial charge < -0.3 is 4.74 Å². The van der Waals surface area contributed by atoms with Crippen molar-refractivity contribution in [2.45, 2.75) is 45.6 Å². The number of fused-ring (bicyclic) bond motifs is 1. The summed E-state index contributed by atoms with van der Waals surface area (Å²) in [6.07, 6.45) is 8.54. The van der Waals surface area contributed by atoms with Gasteiger partial charge in [0.25, 0.3) is 0 Å². The van der Waals surface area contributed by atoms with Gasteiger partial charge in [-0.25, -0.2) is 9.69 Å². The van der Waals surface area contributed by atoms with Gasteiger partial charge in [0.15, 0.2) is 0 Å². The summed E-state index contributed by atoms with van der Waals surface area (Å²) < 4.78 is 5.53. The Morgan fingerprint density at radius 1 is 1.12 bits per heavy atom. The van der Waals surface area contributed by atoms with Crippen LogP contribution in [0.4, 0.5) is 4.79 Å². The fraction of sp³-hybridized carbons (Fsp3) is 0.462. The molecule has 2 aliphatic carbocycles. The van der Waals surface area contributed by atoms with Gasteiger partial charge in [-0.3, -0.25) is 4.79 Å². The second-order valence-electron chi connectivity index (χ2n) is 9.98. The van der Waals surface area contributed by atoms with Gasteiger partial charge in [-0.1, -0.05) is 59.1 Å². The molecule has 1 heterocycles. The average Bonchev–Trinajstić information content (AvgIpc) is 3.04. The zero-order chi connectivity index (χ0) is 23.2. The number of carbonyl (C=O) groups excluding carboxylic acids is 2. The molecule has 0 bridgehead atoms. The summed E-state index contributed by atoms with van der Waals surface area (Å²) in [7, 11) is 0. The van der Waals surface area contributed by atoms with Crippen molar-refractivity contribution in [3.63, 3.8) is 0 Å². The molecule has 5 atom stereocenters. The molecule has 32 heavy (non-hydrogen) atoms. The minimum Gasteiger partial charge on any atom is -0.443 e. The lowest BCUT2D eigenvalue weighted by atomic mass is 9.61. The van der Waals surface area contributed by atoms with Gasteiger partial charge in [0, 0.05) is 16.6 Å². The van der Waals surface area contributed by atoms with E-state index in [1.807, 2.05) is 51.1 Å². The molecule has 0 radical (unpaired) electrons. The van der Waals surface area contributed by atoms with Crippen LogP contribution >= 0.6 is 23.2 Å². The SMILES string of the molecule is CC1=C[C@H]2C(=O)N(C(=O)OC(C)(C)C)C[C@H]2[C@@H](c2ccc(Cl)cc2)[C@H]1C1C=CC(Cl)=CC1. The summed E-state index contributed by atoms with van der Waals surface area (Å²) in [5.74, 6) is -0.0188. The fourth-order valence-corrected chi connectivity index (χ4v) is 5.64. The molecular formula is C26H29Cl2NO3. The van der Waals surface area contributed by atoms with Crippen molar-refractivity contribution in [3.8, 4) is 0 Å². The number of allylic oxidation sites excluding steroid dienone is 5. The number of amides is 2. The molecule has 0 saturated carbocycles. The highest BCUT2D eigenvalue weighted by molar-refractivity contribution is 6.31. The Morgan fingerprint density at radius 2 is 1.81 bits per heavy atom. The van der Waals surface area contributed by atoms with E-state index in [1.165, 1.54) is 10.5 Å². The molecule has 4 nitrogen and oxygen atoms in total. The molecule has 2 amide bonds. The number of hydrogen-bond donors (Lipinski definition) is 0. The Balaban J connectivity index is 1.72. The lowest BCUT2D eigenvalue weighted by molar-refractivity contribution is -0.129. The molecule has 3 aliphatic rings. The Kier molecular flexibility index (Phi) is 6.30. The number of carbonyl (C=O) groups is 2. The van der Waals surface area contributed by atoms with Gasteiger partial charge in [-0.2, -0.15) is 0 Å². The Hall–Kier alpha value is -2.04. The van der Waals surface area contributed by atoms with Crippen LogP contribution < -0.4 is 0 Å². The molecule has 1 aliphatic heterocycles. The molecule has 1 saturated heterocycles. The van der Waals surface area contributed by atoms with Crippen LogP contribution in [0.1, 0.15) is 45.6 Å². The van der Waals surface area contributed by atoms with Gasteiger partial charge >= 0.3 is 6.09 Å². The third-order valence-corrected chi connectivity index (χ3v) is 7.17. The van der Waals surface area contributed by atoms with Crippen molar-refractivity contribution in [1.82, 2.24) is 4.90 Å². The first-order chi connectivity index (χ1) is 15.0. The first-order valence-electron chi connectivity index (χ1n) is 11.1. The predicted octanol–water partition coefficient (Wildman–Crippen LogP) is 6.71. The van der Waals surface area contributed by atoms with Crippen molar-refractivity contribution in [3.05, 3.63) is 69.8 Å². The van der Waals surface area contributed by atoms with Gasteiger partial charge in [-0.05, 0) is 81.6 Å². The van der Waals surface area contributed by atoms with Gasteiger partial charge in [0.1, 0.15) is 5.60 Å². The molecule has 4 rings (SSSR count). The second-order valence-corrected chi connectivity index (χ2v) is 10.9. The van der Waals surface area contributed by atoms with Crippen molar-refractivity contribution < 1.29 is 14.3 Å². The van der Waals surface area contributed by atoms with Gasteiger partial charge in [0.2, 0.25) is 5.91 Å². The largest absolute Gasteiger partial charge is 0.443 e. The van der Waals surface area contributed by atoms with Crippen LogP contribution in [-0.2, 0) is 9.53 Å². The van der Waals surface area contributed by atoms with Crippen LogP contribution in [0.2, 0.25) is 5.02 Å². The Bertz CT molecular complexity index is 1000.